The second-order valence-corrected chi connectivity index (χ2v) is 7.02. The average Bonchev–Trinajstić information content (AvgIpc) is 3.04. The number of carbonyl (C=O) groups excluding carboxylic acids is 1. The third-order valence-electron chi connectivity index (χ3n) is 4.36. The molecule has 0 fully saturated rings. The Morgan fingerprint density at radius 3 is 2.64 bits per heavy atom. The van der Waals surface area contributed by atoms with Crippen LogP contribution in [0, 0.1) is 0 Å². The lowest BCUT2D eigenvalue weighted by Crippen LogP contribution is -2.49. The molecule has 1 aliphatic rings. The molecule has 2 unspecified atom stereocenters. The molecule has 1 amide bonds. The highest BCUT2D eigenvalue weighted by atomic mass is 32.1. The van der Waals surface area contributed by atoms with E-state index in [9.17, 15) is 4.79 Å². The lowest BCUT2D eigenvalue weighted by molar-refractivity contribution is -0.133. The Balaban J connectivity index is 1.38. The van der Waals surface area contributed by atoms with E-state index in [1.807, 2.05) is 43.3 Å². The first-order chi connectivity index (χ1) is 12.2. The molecule has 0 aliphatic carbocycles. The van der Waals surface area contributed by atoms with Gasteiger partial charge in [-0.1, -0.05) is 30.3 Å². The summed E-state index contributed by atoms with van der Waals surface area (Å²) in [5.74, 6) is 1.16. The van der Waals surface area contributed by atoms with E-state index in [0.29, 0.717) is 18.0 Å². The van der Waals surface area contributed by atoms with Gasteiger partial charge in [0.25, 0.3) is 5.91 Å². The van der Waals surface area contributed by atoms with Gasteiger partial charge < -0.3 is 14.8 Å². The van der Waals surface area contributed by atoms with E-state index in [-0.39, 0.29) is 12.0 Å². The smallest absolute Gasteiger partial charge is 0.265 e. The van der Waals surface area contributed by atoms with Crippen LogP contribution >= 0.6 is 11.3 Å². The molecule has 0 spiro atoms. The van der Waals surface area contributed by atoms with Crippen molar-refractivity contribution in [1.82, 2.24) is 5.32 Å². The van der Waals surface area contributed by atoms with Crippen molar-refractivity contribution in [2.45, 2.75) is 25.6 Å². The number of thiophene rings is 1. The van der Waals surface area contributed by atoms with Crippen molar-refractivity contribution >= 4 is 27.3 Å². The third-order valence-corrected chi connectivity index (χ3v) is 5.37. The number of ether oxygens (including phenoxy) is 2. The van der Waals surface area contributed by atoms with Gasteiger partial charge in [0.05, 0.1) is 0 Å². The molecule has 4 nitrogen and oxygen atoms in total. The maximum atomic E-state index is 12.5. The van der Waals surface area contributed by atoms with Gasteiger partial charge in [-0.2, -0.15) is 0 Å². The van der Waals surface area contributed by atoms with E-state index in [4.69, 9.17) is 9.47 Å². The molecule has 2 heterocycles. The maximum Gasteiger partial charge on any atom is 0.265 e. The molecule has 0 saturated carbocycles. The summed E-state index contributed by atoms with van der Waals surface area (Å²) in [4.78, 5) is 12.5. The Labute approximate surface area is 150 Å². The zero-order valence-corrected chi connectivity index (χ0v) is 14.7. The van der Waals surface area contributed by atoms with Crippen molar-refractivity contribution in [3.05, 3.63) is 59.5 Å². The van der Waals surface area contributed by atoms with E-state index < -0.39 is 6.10 Å². The van der Waals surface area contributed by atoms with Crippen molar-refractivity contribution in [1.29, 1.82) is 0 Å². The molecule has 1 aromatic heterocycles. The van der Waals surface area contributed by atoms with Gasteiger partial charge in [0.2, 0.25) is 6.10 Å². The molecular formula is C20H19NO3S. The van der Waals surface area contributed by atoms with Gasteiger partial charge in [-0.25, -0.2) is 0 Å². The number of hydrogen-bond acceptors (Lipinski definition) is 4. The average molecular weight is 353 g/mol. The van der Waals surface area contributed by atoms with Crippen LogP contribution in [-0.4, -0.2) is 24.7 Å². The molecule has 3 aromatic rings. The summed E-state index contributed by atoms with van der Waals surface area (Å²) < 4.78 is 12.9. The molecule has 1 N–H and O–H groups in total. The fraction of sp³-hybridized carbons (Fsp3) is 0.250. The molecule has 0 radical (unpaired) electrons. The SMILES string of the molecule is CC1Oc2ccccc2OC1C(=O)NCCc1csc2ccccc12. The number of nitrogens with one attached hydrogen (secondary N) is 1. The van der Waals surface area contributed by atoms with Crippen LogP contribution in [0.5, 0.6) is 11.5 Å². The fourth-order valence-electron chi connectivity index (χ4n) is 3.05. The molecule has 4 rings (SSSR count). The normalized spacial score (nSPS) is 18.9. The second kappa shape index (κ2) is 6.76. The van der Waals surface area contributed by atoms with Crippen LogP contribution in [0.3, 0.4) is 0 Å². The third kappa shape index (κ3) is 3.20. The number of hydrogen-bond donors (Lipinski definition) is 1. The topological polar surface area (TPSA) is 47.6 Å². The Hall–Kier alpha value is -2.53. The lowest BCUT2D eigenvalue weighted by Gasteiger charge is -2.31. The molecule has 128 valence electrons. The number of rotatable bonds is 4. The van der Waals surface area contributed by atoms with E-state index >= 15 is 0 Å². The highest BCUT2D eigenvalue weighted by Crippen LogP contribution is 2.33. The number of fused-ring (bicyclic) bond motifs is 2. The second-order valence-electron chi connectivity index (χ2n) is 6.11. The van der Waals surface area contributed by atoms with E-state index in [0.717, 1.165) is 6.42 Å². The van der Waals surface area contributed by atoms with Gasteiger partial charge in [-0.05, 0) is 47.9 Å². The monoisotopic (exact) mass is 353 g/mol. The van der Waals surface area contributed by atoms with Crippen molar-refractivity contribution in [3.8, 4) is 11.5 Å². The van der Waals surface area contributed by atoms with Crippen LogP contribution in [0.25, 0.3) is 10.1 Å². The van der Waals surface area contributed by atoms with Crippen LogP contribution in [-0.2, 0) is 11.2 Å². The van der Waals surface area contributed by atoms with Crippen molar-refractivity contribution in [2.24, 2.45) is 0 Å². The minimum absolute atomic E-state index is 0.137. The number of carbonyl (C=O) groups is 1. The van der Waals surface area contributed by atoms with Crippen molar-refractivity contribution < 1.29 is 14.3 Å². The van der Waals surface area contributed by atoms with Gasteiger partial charge in [0.1, 0.15) is 6.10 Å². The highest BCUT2D eigenvalue weighted by Gasteiger charge is 2.33. The Bertz CT molecular complexity index is 905. The number of para-hydroxylation sites is 2. The predicted octanol–water partition coefficient (Wildman–Crippen LogP) is 3.79. The minimum Gasteiger partial charge on any atom is -0.482 e. The molecule has 1 aliphatic heterocycles. The molecule has 0 saturated heterocycles. The molecule has 2 aromatic carbocycles. The first-order valence-electron chi connectivity index (χ1n) is 8.37. The summed E-state index contributed by atoms with van der Waals surface area (Å²) in [5.41, 5.74) is 1.26. The van der Waals surface area contributed by atoms with Crippen molar-refractivity contribution in [2.75, 3.05) is 6.54 Å². The number of amides is 1. The standard InChI is InChI=1S/C20H19NO3S/c1-13-19(24-17-8-4-3-7-16(17)23-13)20(22)21-11-10-14-12-25-18-9-5-2-6-15(14)18/h2-9,12-13,19H,10-11H2,1H3,(H,21,22). The fourth-order valence-corrected chi connectivity index (χ4v) is 4.05. The highest BCUT2D eigenvalue weighted by molar-refractivity contribution is 7.17. The summed E-state index contributed by atoms with van der Waals surface area (Å²) in [6.07, 6.45) is -0.153. The largest absolute Gasteiger partial charge is 0.482 e. The Kier molecular flexibility index (Phi) is 4.32. The Morgan fingerprint density at radius 2 is 1.80 bits per heavy atom. The first kappa shape index (κ1) is 16.0. The molecule has 25 heavy (non-hydrogen) atoms. The molecule has 5 heteroatoms. The van der Waals surface area contributed by atoms with E-state index in [1.54, 1.807) is 11.3 Å². The van der Waals surface area contributed by atoms with Gasteiger partial charge in [-0.15, -0.1) is 11.3 Å². The number of benzene rings is 2. The van der Waals surface area contributed by atoms with Crippen LogP contribution in [0.2, 0.25) is 0 Å². The molecule has 2 atom stereocenters. The zero-order chi connectivity index (χ0) is 17.2. The van der Waals surface area contributed by atoms with Crippen LogP contribution in [0.15, 0.2) is 53.9 Å². The van der Waals surface area contributed by atoms with Crippen LogP contribution < -0.4 is 14.8 Å². The van der Waals surface area contributed by atoms with Gasteiger partial charge in [0.15, 0.2) is 11.5 Å². The minimum atomic E-state index is -0.630. The van der Waals surface area contributed by atoms with Crippen LogP contribution in [0.4, 0.5) is 0 Å². The summed E-state index contributed by atoms with van der Waals surface area (Å²) >= 11 is 1.74. The molecular weight excluding hydrogens is 334 g/mol. The zero-order valence-electron chi connectivity index (χ0n) is 13.9. The first-order valence-corrected chi connectivity index (χ1v) is 9.25. The van der Waals surface area contributed by atoms with Crippen molar-refractivity contribution in [3.63, 3.8) is 0 Å². The summed E-state index contributed by atoms with van der Waals surface area (Å²) in [6, 6.07) is 15.8. The van der Waals surface area contributed by atoms with Gasteiger partial charge in [0, 0.05) is 11.2 Å². The Morgan fingerprint density at radius 1 is 1.08 bits per heavy atom. The van der Waals surface area contributed by atoms with Gasteiger partial charge >= 0.3 is 0 Å². The summed E-state index contributed by atoms with van der Waals surface area (Å²) in [5, 5.41) is 6.40. The maximum absolute atomic E-state index is 12.5. The van der Waals surface area contributed by atoms with E-state index in [2.05, 4.69) is 22.8 Å². The summed E-state index contributed by atoms with van der Waals surface area (Å²) in [6.45, 7) is 2.43. The molecule has 0 bridgehead atoms. The van der Waals surface area contributed by atoms with Gasteiger partial charge in [-0.3, -0.25) is 4.79 Å². The predicted molar refractivity (Wildman–Crippen MR) is 99.5 cm³/mol. The quantitative estimate of drug-likeness (QED) is 0.776. The van der Waals surface area contributed by atoms with Crippen LogP contribution in [0.1, 0.15) is 12.5 Å². The lowest BCUT2D eigenvalue weighted by atomic mass is 10.1. The van der Waals surface area contributed by atoms with E-state index in [1.165, 1.54) is 15.6 Å². The summed E-state index contributed by atoms with van der Waals surface area (Å²) in [7, 11) is 0.